The third kappa shape index (κ3) is 6.70. The van der Waals surface area contributed by atoms with Gasteiger partial charge in [-0.15, -0.1) is 0 Å². The summed E-state index contributed by atoms with van der Waals surface area (Å²) in [6, 6.07) is 7.05. The first-order chi connectivity index (χ1) is 9.61. The highest BCUT2D eigenvalue weighted by molar-refractivity contribution is 5.91. The molecule has 1 aromatic rings. The Bertz CT molecular complexity index is 484. The average molecular weight is 276 g/mol. The molecule has 5 heteroatoms. The molecule has 4 N–H and O–H groups in total. The fourth-order valence-electron chi connectivity index (χ4n) is 1.72. The van der Waals surface area contributed by atoms with Crippen LogP contribution in [-0.4, -0.2) is 23.5 Å². The van der Waals surface area contributed by atoms with Gasteiger partial charge in [0.1, 0.15) is 0 Å². The molecule has 0 spiro atoms. The van der Waals surface area contributed by atoms with Gasteiger partial charge in [0, 0.05) is 18.2 Å². The smallest absolute Gasteiger partial charge is 0.328 e. The van der Waals surface area contributed by atoms with Crippen molar-refractivity contribution in [2.24, 2.45) is 5.73 Å². The van der Waals surface area contributed by atoms with E-state index in [2.05, 4.69) is 5.32 Å². The molecule has 0 aliphatic heterocycles. The Morgan fingerprint density at radius 1 is 1.25 bits per heavy atom. The lowest BCUT2D eigenvalue weighted by Crippen LogP contribution is -2.11. The molecular weight excluding hydrogens is 256 g/mol. The number of carbonyl (C=O) groups excluding carboxylic acids is 1. The molecule has 0 radical (unpaired) electrons. The summed E-state index contributed by atoms with van der Waals surface area (Å²) < 4.78 is 0. The Labute approximate surface area is 118 Å². The van der Waals surface area contributed by atoms with Crippen molar-refractivity contribution in [1.82, 2.24) is 0 Å². The van der Waals surface area contributed by atoms with Gasteiger partial charge in [0.25, 0.3) is 0 Å². The van der Waals surface area contributed by atoms with Crippen molar-refractivity contribution in [2.45, 2.75) is 25.7 Å². The number of carboxylic acids is 1. The highest BCUT2D eigenvalue weighted by atomic mass is 16.4. The summed E-state index contributed by atoms with van der Waals surface area (Å²) in [7, 11) is 0. The number of unbranched alkanes of at least 4 members (excludes halogenated alkanes) is 2. The third-order valence-corrected chi connectivity index (χ3v) is 2.70. The summed E-state index contributed by atoms with van der Waals surface area (Å²) in [6.07, 6.45) is 5.72. The third-order valence-electron chi connectivity index (χ3n) is 2.70. The van der Waals surface area contributed by atoms with Gasteiger partial charge in [-0.25, -0.2) is 4.79 Å². The van der Waals surface area contributed by atoms with E-state index in [0.717, 1.165) is 30.9 Å². The summed E-state index contributed by atoms with van der Waals surface area (Å²) in [4.78, 5) is 22.1. The minimum absolute atomic E-state index is 0.0404. The van der Waals surface area contributed by atoms with E-state index < -0.39 is 5.97 Å². The number of rotatable bonds is 8. The number of nitrogens with two attached hydrogens (primary N) is 1. The highest BCUT2D eigenvalue weighted by Crippen LogP contribution is 2.13. The van der Waals surface area contributed by atoms with Crippen molar-refractivity contribution in [2.75, 3.05) is 11.9 Å². The van der Waals surface area contributed by atoms with Gasteiger partial charge >= 0.3 is 5.97 Å². The maximum Gasteiger partial charge on any atom is 0.328 e. The summed E-state index contributed by atoms with van der Waals surface area (Å²) in [5, 5.41) is 11.4. The molecule has 108 valence electrons. The molecule has 1 rings (SSSR count). The summed E-state index contributed by atoms with van der Waals surface area (Å²) in [5.74, 6) is -1.04. The molecule has 0 fully saturated rings. The molecule has 0 aliphatic rings. The Balaban J connectivity index is 2.49. The monoisotopic (exact) mass is 276 g/mol. The van der Waals surface area contributed by atoms with Crippen LogP contribution >= 0.6 is 0 Å². The Kier molecular flexibility index (Phi) is 7.06. The van der Waals surface area contributed by atoms with E-state index in [1.807, 2.05) is 0 Å². The first-order valence-corrected chi connectivity index (χ1v) is 6.63. The molecule has 0 heterocycles. The zero-order valence-corrected chi connectivity index (χ0v) is 11.3. The van der Waals surface area contributed by atoms with Crippen molar-refractivity contribution in [3.63, 3.8) is 0 Å². The maximum atomic E-state index is 11.7. The van der Waals surface area contributed by atoms with Gasteiger partial charge in [0.2, 0.25) is 5.91 Å². The van der Waals surface area contributed by atoms with Crippen molar-refractivity contribution < 1.29 is 14.7 Å². The van der Waals surface area contributed by atoms with Gasteiger partial charge < -0.3 is 16.2 Å². The molecule has 20 heavy (non-hydrogen) atoms. The predicted molar refractivity (Wildman–Crippen MR) is 79.3 cm³/mol. The van der Waals surface area contributed by atoms with E-state index in [-0.39, 0.29) is 5.91 Å². The number of benzene rings is 1. The molecule has 1 amide bonds. The number of anilines is 1. The van der Waals surface area contributed by atoms with Crippen molar-refractivity contribution in [3.05, 3.63) is 35.9 Å². The topological polar surface area (TPSA) is 92.4 Å². The van der Waals surface area contributed by atoms with E-state index in [1.165, 1.54) is 6.08 Å². The number of hydrogen-bond donors (Lipinski definition) is 3. The molecule has 0 unspecified atom stereocenters. The number of carboxylic acid groups (broad SMARTS) is 1. The minimum atomic E-state index is -1.00. The Morgan fingerprint density at radius 2 is 2.05 bits per heavy atom. The van der Waals surface area contributed by atoms with Crippen LogP contribution in [-0.2, 0) is 9.59 Å². The number of carbonyl (C=O) groups is 2. The molecule has 0 atom stereocenters. The lowest BCUT2D eigenvalue weighted by atomic mass is 10.1. The summed E-state index contributed by atoms with van der Waals surface area (Å²) in [6.45, 7) is 0.652. The molecular formula is C15H20N2O3. The van der Waals surface area contributed by atoms with Gasteiger partial charge in [0.15, 0.2) is 0 Å². The highest BCUT2D eigenvalue weighted by Gasteiger charge is 2.02. The summed E-state index contributed by atoms with van der Waals surface area (Å²) in [5.41, 5.74) is 6.78. The SMILES string of the molecule is NCCCCCC(=O)Nc1cccc(/C=C/C(=O)O)c1. The standard InChI is InChI=1S/C15H20N2O3/c16-10-3-1-2-7-14(18)17-13-6-4-5-12(11-13)8-9-15(19)20/h4-6,8-9,11H,1-3,7,10,16H2,(H,17,18)(H,19,20)/b9-8+. The van der Waals surface area contributed by atoms with Crippen molar-refractivity contribution in [1.29, 1.82) is 0 Å². The zero-order chi connectivity index (χ0) is 14.8. The lowest BCUT2D eigenvalue weighted by molar-refractivity contribution is -0.131. The van der Waals surface area contributed by atoms with Crippen LogP contribution in [0.3, 0.4) is 0 Å². The molecule has 5 nitrogen and oxygen atoms in total. The van der Waals surface area contributed by atoms with E-state index in [9.17, 15) is 9.59 Å². The van der Waals surface area contributed by atoms with Crippen LogP contribution in [0.5, 0.6) is 0 Å². The molecule has 1 aromatic carbocycles. The van der Waals surface area contributed by atoms with Crippen molar-refractivity contribution >= 4 is 23.6 Å². The van der Waals surface area contributed by atoms with Crippen LogP contribution in [0.2, 0.25) is 0 Å². The summed E-state index contributed by atoms with van der Waals surface area (Å²) >= 11 is 0. The van der Waals surface area contributed by atoms with Gasteiger partial charge in [-0.1, -0.05) is 18.6 Å². The number of aliphatic carboxylic acids is 1. The first kappa shape index (κ1) is 15.9. The van der Waals surface area contributed by atoms with Crippen LogP contribution in [0.1, 0.15) is 31.2 Å². The van der Waals surface area contributed by atoms with E-state index >= 15 is 0 Å². The maximum absolute atomic E-state index is 11.7. The minimum Gasteiger partial charge on any atom is -0.478 e. The second-order valence-corrected chi connectivity index (χ2v) is 4.44. The first-order valence-electron chi connectivity index (χ1n) is 6.63. The van der Waals surface area contributed by atoms with Gasteiger partial charge in [0.05, 0.1) is 0 Å². The number of nitrogens with one attached hydrogen (secondary N) is 1. The predicted octanol–water partition coefficient (Wildman–Crippen LogP) is 2.24. The second-order valence-electron chi connectivity index (χ2n) is 4.44. The average Bonchev–Trinajstić information content (AvgIpc) is 2.42. The van der Waals surface area contributed by atoms with Crippen LogP contribution in [0.25, 0.3) is 6.08 Å². The molecule has 0 saturated carbocycles. The normalized spacial score (nSPS) is 10.7. The van der Waals surface area contributed by atoms with Gasteiger partial charge in [-0.3, -0.25) is 4.79 Å². The Morgan fingerprint density at radius 3 is 2.75 bits per heavy atom. The molecule has 0 aliphatic carbocycles. The quantitative estimate of drug-likeness (QED) is 0.501. The zero-order valence-electron chi connectivity index (χ0n) is 11.3. The fourth-order valence-corrected chi connectivity index (χ4v) is 1.72. The Hall–Kier alpha value is -2.14. The molecule has 0 saturated heterocycles. The largest absolute Gasteiger partial charge is 0.478 e. The van der Waals surface area contributed by atoms with E-state index in [4.69, 9.17) is 10.8 Å². The van der Waals surface area contributed by atoms with Gasteiger partial charge in [-0.2, -0.15) is 0 Å². The molecule has 0 aromatic heterocycles. The van der Waals surface area contributed by atoms with Crippen LogP contribution in [0.4, 0.5) is 5.69 Å². The van der Waals surface area contributed by atoms with Crippen LogP contribution in [0.15, 0.2) is 30.3 Å². The van der Waals surface area contributed by atoms with Crippen LogP contribution in [0, 0.1) is 0 Å². The van der Waals surface area contributed by atoms with E-state index in [1.54, 1.807) is 24.3 Å². The van der Waals surface area contributed by atoms with Crippen LogP contribution < -0.4 is 11.1 Å². The number of amides is 1. The lowest BCUT2D eigenvalue weighted by Gasteiger charge is -2.06. The van der Waals surface area contributed by atoms with Gasteiger partial charge in [-0.05, 0) is 43.2 Å². The number of hydrogen-bond acceptors (Lipinski definition) is 3. The molecule has 0 bridgehead atoms. The van der Waals surface area contributed by atoms with Crippen molar-refractivity contribution in [3.8, 4) is 0 Å². The van der Waals surface area contributed by atoms with E-state index in [0.29, 0.717) is 18.7 Å². The fraction of sp³-hybridized carbons (Fsp3) is 0.333. The second kappa shape index (κ2) is 8.87.